The normalized spacial score (nSPS) is 18.2. The largest absolute Gasteiger partial charge is 0.396 e. The lowest BCUT2D eigenvalue weighted by molar-refractivity contribution is -0.109. The minimum atomic E-state index is -1.86. The minimum Gasteiger partial charge on any atom is -0.396 e. The van der Waals surface area contributed by atoms with Gasteiger partial charge < -0.3 is 47.2 Å². The fourth-order valence-electron chi connectivity index (χ4n) is 1.70. The van der Waals surface area contributed by atoms with E-state index < -0.39 is 62.2 Å². The van der Waals surface area contributed by atoms with Crippen LogP contribution in [0.2, 0.25) is 0 Å². The highest BCUT2D eigenvalue weighted by atomic mass is 16.3. The Morgan fingerprint density at radius 2 is 0.947 bits per heavy atom. The molecule has 2 unspecified atom stereocenters. The number of aliphatic hydroxyl groups excluding tert-OH is 7. The van der Waals surface area contributed by atoms with Gasteiger partial charge in [0, 0.05) is 5.92 Å². The van der Waals surface area contributed by atoms with Crippen molar-refractivity contribution in [1.82, 2.24) is 0 Å². The summed E-state index contributed by atoms with van der Waals surface area (Å²) in [5.74, 6) is -1.37. The lowest BCUT2D eigenvalue weighted by atomic mass is 9.77. The van der Waals surface area contributed by atoms with Crippen LogP contribution in [0, 0.1) is 5.92 Å². The third-order valence-corrected chi connectivity index (χ3v) is 3.38. The van der Waals surface area contributed by atoms with Crippen molar-refractivity contribution >= 4 is 0 Å². The fourth-order valence-corrected chi connectivity index (χ4v) is 1.70. The Bertz CT molecular complexity index is 234. The summed E-state index contributed by atoms with van der Waals surface area (Å²) in [5.41, 5.74) is 7.36. The van der Waals surface area contributed by atoms with Gasteiger partial charge in [0.05, 0.1) is 56.3 Å². The number of hydrogen-bond donors (Lipinski definition) is 9. The monoisotopic (exact) mass is 284 g/mol. The van der Waals surface area contributed by atoms with Gasteiger partial charge in [0.2, 0.25) is 0 Å². The summed E-state index contributed by atoms with van der Waals surface area (Å²) in [6.07, 6.45) is -3.41. The van der Waals surface area contributed by atoms with Crippen LogP contribution in [0.1, 0.15) is 0 Å². The molecule has 0 radical (unpaired) electrons. The molecule has 0 aromatic carbocycles. The van der Waals surface area contributed by atoms with E-state index in [0.717, 1.165) is 0 Å². The van der Waals surface area contributed by atoms with Gasteiger partial charge in [0.25, 0.3) is 0 Å². The zero-order chi connectivity index (χ0) is 15.3. The Morgan fingerprint density at radius 1 is 0.684 bits per heavy atom. The molecule has 11 N–H and O–H groups in total. The highest BCUT2D eigenvalue weighted by molar-refractivity contribution is 5.02. The van der Waals surface area contributed by atoms with Crippen LogP contribution in [0.5, 0.6) is 0 Å². The van der Waals surface area contributed by atoms with Crippen molar-refractivity contribution in [2.45, 2.75) is 23.3 Å². The topological polar surface area (TPSA) is 194 Å². The average molecular weight is 284 g/mol. The molecule has 0 spiro atoms. The van der Waals surface area contributed by atoms with Gasteiger partial charge in [-0.25, -0.2) is 0 Å². The maximum Gasteiger partial charge on any atom is 0.0890 e. The second-order valence-corrected chi connectivity index (χ2v) is 4.83. The fraction of sp³-hybridized carbons (Fsp3) is 1.00. The third kappa shape index (κ3) is 3.81. The molecular weight excluding hydrogens is 260 g/mol. The second-order valence-electron chi connectivity index (χ2n) is 4.83. The molecular formula is C10H24N2O7. The first kappa shape index (κ1) is 18.6. The molecule has 0 saturated heterocycles. The standard InChI is InChI=1S/C10H24N2O7/c11-9(2-14,3-15)7(18)6(1-13)8(19)10(12,4-16)5-17/h6-8,13-19H,1-5,11-12H2. The van der Waals surface area contributed by atoms with Crippen molar-refractivity contribution in [2.24, 2.45) is 17.4 Å². The first-order chi connectivity index (χ1) is 8.76. The van der Waals surface area contributed by atoms with Crippen LogP contribution in [-0.4, -0.2) is 92.1 Å². The molecule has 0 fully saturated rings. The predicted molar refractivity (Wildman–Crippen MR) is 64.8 cm³/mol. The van der Waals surface area contributed by atoms with Crippen LogP contribution in [0.3, 0.4) is 0 Å². The maximum absolute atomic E-state index is 9.97. The van der Waals surface area contributed by atoms with Crippen molar-refractivity contribution in [3.8, 4) is 0 Å². The Morgan fingerprint density at radius 3 is 1.11 bits per heavy atom. The highest BCUT2D eigenvalue weighted by Gasteiger charge is 2.46. The van der Waals surface area contributed by atoms with E-state index in [-0.39, 0.29) is 0 Å². The molecule has 0 aromatic rings. The van der Waals surface area contributed by atoms with Crippen LogP contribution in [0.4, 0.5) is 0 Å². The highest BCUT2D eigenvalue weighted by Crippen LogP contribution is 2.24. The maximum atomic E-state index is 9.97. The molecule has 0 aliphatic carbocycles. The SMILES string of the molecule is NC(CO)(CO)C(O)C(CO)C(O)C(N)(CO)CO. The van der Waals surface area contributed by atoms with Gasteiger partial charge in [0.1, 0.15) is 0 Å². The lowest BCUT2D eigenvalue weighted by Crippen LogP contribution is -2.67. The summed E-state index contributed by atoms with van der Waals surface area (Å²) in [6, 6.07) is 0. The van der Waals surface area contributed by atoms with Crippen molar-refractivity contribution in [2.75, 3.05) is 33.0 Å². The number of nitrogens with two attached hydrogens (primary N) is 2. The van der Waals surface area contributed by atoms with E-state index >= 15 is 0 Å². The summed E-state index contributed by atoms with van der Waals surface area (Å²) in [6.45, 7) is -3.99. The summed E-state index contributed by atoms with van der Waals surface area (Å²) in [7, 11) is 0. The Kier molecular flexibility index (Phi) is 7.29. The van der Waals surface area contributed by atoms with Gasteiger partial charge in [-0.15, -0.1) is 0 Å². The molecule has 0 aliphatic heterocycles. The first-order valence-corrected chi connectivity index (χ1v) is 5.74. The Balaban J connectivity index is 5.21. The van der Waals surface area contributed by atoms with Crippen molar-refractivity contribution in [3.63, 3.8) is 0 Å². The van der Waals surface area contributed by atoms with Gasteiger partial charge in [-0.2, -0.15) is 0 Å². The summed E-state index contributed by atoms with van der Waals surface area (Å²) < 4.78 is 0. The summed E-state index contributed by atoms with van der Waals surface area (Å²) in [4.78, 5) is 0. The zero-order valence-corrected chi connectivity index (χ0v) is 10.6. The average Bonchev–Trinajstić information content (AvgIpc) is 2.45. The van der Waals surface area contributed by atoms with Crippen molar-refractivity contribution in [3.05, 3.63) is 0 Å². The van der Waals surface area contributed by atoms with Crippen LogP contribution in [0.15, 0.2) is 0 Å². The molecule has 0 aliphatic rings. The molecule has 19 heavy (non-hydrogen) atoms. The molecule has 9 nitrogen and oxygen atoms in total. The van der Waals surface area contributed by atoms with Crippen LogP contribution in [0.25, 0.3) is 0 Å². The Hall–Kier alpha value is -0.360. The molecule has 116 valence electrons. The second kappa shape index (κ2) is 7.43. The molecule has 0 amide bonds. The molecule has 2 atom stereocenters. The van der Waals surface area contributed by atoms with Crippen LogP contribution in [-0.2, 0) is 0 Å². The molecule has 0 saturated carbocycles. The number of rotatable bonds is 9. The van der Waals surface area contributed by atoms with Gasteiger partial charge in [0.15, 0.2) is 0 Å². The lowest BCUT2D eigenvalue weighted by Gasteiger charge is -2.41. The Labute approximate surface area is 110 Å². The van der Waals surface area contributed by atoms with Crippen LogP contribution < -0.4 is 11.5 Å². The van der Waals surface area contributed by atoms with Gasteiger partial charge in [-0.1, -0.05) is 0 Å². The van der Waals surface area contributed by atoms with E-state index in [1.54, 1.807) is 0 Å². The quantitative estimate of drug-likeness (QED) is 0.199. The van der Waals surface area contributed by atoms with Crippen molar-refractivity contribution in [1.29, 1.82) is 0 Å². The van der Waals surface area contributed by atoms with Gasteiger partial charge >= 0.3 is 0 Å². The summed E-state index contributed by atoms with van der Waals surface area (Å²) in [5, 5.41) is 65.4. The van der Waals surface area contributed by atoms with E-state index in [0.29, 0.717) is 0 Å². The van der Waals surface area contributed by atoms with E-state index in [1.165, 1.54) is 0 Å². The van der Waals surface area contributed by atoms with Gasteiger partial charge in [-0.05, 0) is 0 Å². The van der Waals surface area contributed by atoms with E-state index in [9.17, 15) is 15.3 Å². The van der Waals surface area contributed by atoms with E-state index in [2.05, 4.69) is 0 Å². The summed E-state index contributed by atoms with van der Waals surface area (Å²) >= 11 is 0. The smallest absolute Gasteiger partial charge is 0.0890 e. The number of hydrogen-bond acceptors (Lipinski definition) is 9. The first-order valence-electron chi connectivity index (χ1n) is 5.74. The molecule has 0 aromatic heterocycles. The van der Waals surface area contributed by atoms with Crippen molar-refractivity contribution < 1.29 is 35.7 Å². The van der Waals surface area contributed by atoms with E-state index in [4.69, 9.17) is 31.9 Å². The third-order valence-electron chi connectivity index (χ3n) is 3.38. The zero-order valence-electron chi connectivity index (χ0n) is 10.6. The number of aliphatic hydroxyl groups is 7. The van der Waals surface area contributed by atoms with Gasteiger partial charge in [-0.3, -0.25) is 0 Å². The van der Waals surface area contributed by atoms with Crippen LogP contribution >= 0.6 is 0 Å². The molecule has 9 heteroatoms. The molecule has 0 bridgehead atoms. The minimum absolute atomic E-state index is 0.778. The molecule has 0 rings (SSSR count). The van der Waals surface area contributed by atoms with E-state index in [1.807, 2.05) is 0 Å². The predicted octanol–water partition coefficient (Wildman–Crippen LogP) is -5.32. The molecule has 0 heterocycles.